The van der Waals surface area contributed by atoms with Crippen molar-refractivity contribution in [1.29, 1.82) is 0 Å². The van der Waals surface area contributed by atoms with Crippen LogP contribution in [0.4, 0.5) is 5.69 Å². The summed E-state index contributed by atoms with van der Waals surface area (Å²) in [5, 5.41) is 3.14. The van der Waals surface area contributed by atoms with Gasteiger partial charge in [-0.05, 0) is 67.1 Å². The van der Waals surface area contributed by atoms with Gasteiger partial charge in [0.05, 0.1) is 17.7 Å². The molecule has 1 saturated carbocycles. The maximum Gasteiger partial charge on any atom is 0.264 e. The van der Waals surface area contributed by atoms with Crippen LogP contribution >= 0.6 is 0 Å². The molecule has 8 nitrogen and oxygen atoms in total. The van der Waals surface area contributed by atoms with Crippen molar-refractivity contribution in [3.05, 3.63) is 90.0 Å². The second kappa shape index (κ2) is 14.4. The monoisotopic (exact) mass is 591 g/mol. The van der Waals surface area contributed by atoms with E-state index in [1.165, 1.54) is 21.3 Å². The molecule has 0 saturated heterocycles. The van der Waals surface area contributed by atoms with E-state index in [-0.39, 0.29) is 23.4 Å². The first-order chi connectivity index (χ1) is 20.3. The van der Waals surface area contributed by atoms with Crippen LogP contribution in [0.5, 0.6) is 5.75 Å². The molecular formula is C33H41N3O5S. The van der Waals surface area contributed by atoms with Gasteiger partial charge in [-0.15, -0.1) is 0 Å². The molecule has 1 atom stereocenters. The molecule has 0 aromatic heterocycles. The number of ether oxygens (including phenoxy) is 1. The van der Waals surface area contributed by atoms with Crippen LogP contribution in [-0.4, -0.2) is 50.9 Å². The molecule has 3 aromatic carbocycles. The Morgan fingerprint density at radius 3 is 2.31 bits per heavy atom. The van der Waals surface area contributed by atoms with E-state index in [9.17, 15) is 18.0 Å². The minimum Gasteiger partial charge on any atom is -0.497 e. The lowest BCUT2D eigenvalue weighted by molar-refractivity contribution is -0.140. The predicted octanol–water partition coefficient (Wildman–Crippen LogP) is 5.32. The van der Waals surface area contributed by atoms with Crippen LogP contribution in [0.1, 0.15) is 57.1 Å². The zero-order chi connectivity index (χ0) is 30.1. The summed E-state index contributed by atoms with van der Waals surface area (Å²) < 4.78 is 34.7. The molecule has 0 unspecified atom stereocenters. The standard InChI is InChI=1S/C33H41N3O5S/c1-4-26-15-9-12-21-31(26)36(42(39,40)29-19-7-6-8-20-29)24-32(37)35(23-25-14-13-18-28(22-25)41-3)30(5-2)33(38)34-27-16-10-11-17-27/h6-9,12-15,18-22,27,30H,4-5,10-11,16-17,23-24H2,1-3H3,(H,34,38)/t30-/m0/s1. The highest BCUT2D eigenvalue weighted by Crippen LogP contribution is 2.29. The number of carbonyl (C=O) groups is 2. The second-order valence-electron chi connectivity index (χ2n) is 10.6. The van der Waals surface area contributed by atoms with E-state index in [1.54, 1.807) is 37.4 Å². The average Bonchev–Trinajstić information content (AvgIpc) is 3.53. The van der Waals surface area contributed by atoms with Gasteiger partial charge in [-0.1, -0.05) is 75.2 Å². The van der Waals surface area contributed by atoms with E-state index >= 15 is 0 Å². The molecule has 42 heavy (non-hydrogen) atoms. The van der Waals surface area contributed by atoms with Crippen LogP contribution in [0.3, 0.4) is 0 Å². The van der Waals surface area contributed by atoms with E-state index in [4.69, 9.17) is 4.74 Å². The average molecular weight is 592 g/mol. The van der Waals surface area contributed by atoms with Crippen molar-refractivity contribution < 1.29 is 22.7 Å². The molecule has 0 radical (unpaired) electrons. The van der Waals surface area contributed by atoms with Gasteiger partial charge in [0.25, 0.3) is 10.0 Å². The van der Waals surface area contributed by atoms with Gasteiger partial charge in [-0.2, -0.15) is 0 Å². The van der Waals surface area contributed by atoms with Crippen molar-refractivity contribution in [2.75, 3.05) is 18.0 Å². The highest BCUT2D eigenvalue weighted by Gasteiger charge is 2.35. The van der Waals surface area contributed by atoms with E-state index < -0.39 is 28.5 Å². The SMILES string of the molecule is CCc1ccccc1N(CC(=O)N(Cc1cccc(OC)c1)[C@@H](CC)C(=O)NC1CCCC1)S(=O)(=O)c1ccccc1. The number of hydrogen-bond acceptors (Lipinski definition) is 5. The smallest absolute Gasteiger partial charge is 0.264 e. The summed E-state index contributed by atoms with van der Waals surface area (Å²) in [6, 6.07) is 22.0. The molecule has 4 rings (SSSR count). The maximum absolute atomic E-state index is 14.3. The third-order valence-electron chi connectivity index (χ3n) is 7.83. The van der Waals surface area contributed by atoms with Crippen LogP contribution in [0, 0.1) is 0 Å². The second-order valence-corrected chi connectivity index (χ2v) is 12.5. The molecule has 2 amide bonds. The molecule has 1 fully saturated rings. The fourth-order valence-corrected chi connectivity index (χ4v) is 7.01. The van der Waals surface area contributed by atoms with Crippen LogP contribution in [0.2, 0.25) is 0 Å². The van der Waals surface area contributed by atoms with Crippen molar-refractivity contribution in [1.82, 2.24) is 10.2 Å². The van der Waals surface area contributed by atoms with Crippen molar-refractivity contribution in [3.63, 3.8) is 0 Å². The van der Waals surface area contributed by atoms with E-state index in [1.807, 2.05) is 50.2 Å². The Bertz CT molecular complexity index is 1460. The molecule has 3 aromatic rings. The number of carbonyl (C=O) groups excluding carboxylic acids is 2. The molecule has 1 aliphatic carbocycles. The molecule has 9 heteroatoms. The fraction of sp³-hybridized carbons (Fsp3) is 0.394. The molecule has 1 N–H and O–H groups in total. The van der Waals surface area contributed by atoms with Crippen molar-refractivity contribution in [2.45, 2.75) is 75.9 Å². The maximum atomic E-state index is 14.3. The van der Waals surface area contributed by atoms with Gasteiger partial charge in [0.15, 0.2) is 0 Å². The number of aryl methyl sites for hydroxylation is 1. The van der Waals surface area contributed by atoms with Crippen LogP contribution in [0.25, 0.3) is 0 Å². The number of para-hydroxylation sites is 1. The summed E-state index contributed by atoms with van der Waals surface area (Å²) in [6.45, 7) is 3.49. The first-order valence-electron chi connectivity index (χ1n) is 14.7. The van der Waals surface area contributed by atoms with Gasteiger partial charge < -0.3 is 15.0 Å². The minimum atomic E-state index is -4.10. The number of nitrogens with one attached hydrogen (secondary N) is 1. The predicted molar refractivity (Wildman–Crippen MR) is 165 cm³/mol. The topological polar surface area (TPSA) is 96.0 Å². The lowest BCUT2D eigenvalue weighted by atomic mass is 10.1. The van der Waals surface area contributed by atoms with E-state index in [0.29, 0.717) is 24.3 Å². The zero-order valence-electron chi connectivity index (χ0n) is 24.7. The largest absolute Gasteiger partial charge is 0.497 e. The molecule has 224 valence electrons. The van der Waals surface area contributed by atoms with E-state index in [0.717, 1.165) is 36.8 Å². The first kappa shape index (κ1) is 31.1. The molecule has 1 aliphatic rings. The Hall–Kier alpha value is -3.85. The first-order valence-corrected chi connectivity index (χ1v) is 16.1. The summed E-state index contributed by atoms with van der Waals surface area (Å²) in [7, 11) is -2.53. The summed E-state index contributed by atoms with van der Waals surface area (Å²) >= 11 is 0. The highest BCUT2D eigenvalue weighted by atomic mass is 32.2. The van der Waals surface area contributed by atoms with Crippen molar-refractivity contribution in [3.8, 4) is 5.75 Å². The zero-order valence-corrected chi connectivity index (χ0v) is 25.5. The number of rotatable bonds is 13. The Balaban J connectivity index is 1.74. The van der Waals surface area contributed by atoms with Gasteiger partial charge in [0.1, 0.15) is 18.3 Å². The number of nitrogens with zero attached hydrogens (tertiary/aromatic N) is 2. The molecule has 0 heterocycles. The van der Waals surface area contributed by atoms with Crippen LogP contribution < -0.4 is 14.4 Å². The van der Waals surface area contributed by atoms with Gasteiger partial charge >= 0.3 is 0 Å². The van der Waals surface area contributed by atoms with Crippen molar-refractivity contribution in [2.24, 2.45) is 0 Å². The fourth-order valence-electron chi connectivity index (χ4n) is 5.54. The number of anilines is 1. The lowest BCUT2D eigenvalue weighted by Gasteiger charge is -2.34. The van der Waals surface area contributed by atoms with Crippen LogP contribution in [-0.2, 0) is 32.6 Å². The number of benzene rings is 3. The molecule has 0 spiro atoms. The summed E-state index contributed by atoms with van der Waals surface area (Å²) in [6.07, 6.45) is 4.94. The van der Waals surface area contributed by atoms with Gasteiger partial charge in [0, 0.05) is 12.6 Å². The minimum absolute atomic E-state index is 0.0895. The number of hydrogen-bond donors (Lipinski definition) is 1. The van der Waals surface area contributed by atoms with E-state index in [2.05, 4.69) is 5.32 Å². The van der Waals surface area contributed by atoms with Gasteiger partial charge in [0.2, 0.25) is 11.8 Å². The van der Waals surface area contributed by atoms with Crippen LogP contribution in [0.15, 0.2) is 83.8 Å². The number of sulfonamides is 1. The Kier molecular flexibility index (Phi) is 10.6. The summed E-state index contributed by atoms with van der Waals surface area (Å²) in [4.78, 5) is 29.5. The Labute approximate surface area is 249 Å². The summed E-state index contributed by atoms with van der Waals surface area (Å²) in [5.41, 5.74) is 2.03. The Morgan fingerprint density at radius 2 is 1.64 bits per heavy atom. The lowest BCUT2D eigenvalue weighted by Crippen LogP contribution is -2.53. The summed E-state index contributed by atoms with van der Waals surface area (Å²) in [5.74, 6) is -0.0442. The highest BCUT2D eigenvalue weighted by molar-refractivity contribution is 7.92. The van der Waals surface area contributed by atoms with Gasteiger partial charge in [-0.25, -0.2) is 8.42 Å². The normalized spacial score (nSPS) is 14.3. The quantitative estimate of drug-likeness (QED) is 0.290. The third kappa shape index (κ3) is 7.31. The molecular weight excluding hydrogens is 550 g/mol. The van der Waals surface area contributed by atoms with Gasteiger partial charge in [-0.3, -0.25) is 13.9 Å². The number of amides is 2. The van der Waals surface area contributed by atoms with Crippen molar-refractivity contribution >= 4 is 27.5 Å². The molecule has 0 bridgehead atoms. The Morgan fingerprint density at radius 1 is 0.952 bits per heavy atom. The third-order valence-corrected chi connectivity index (χ3v) is 9.60. The molecule has 0 aliphatic heterocycles. The number of methoxy groups -OCH3 is 1.